The molecule has 1 aromatic carbocycles. The summed E-state index contributed by atoms with van der Waals surface area (Å²) in [7, 11) is 0. The zero-order valence-corrected chi connectivity index (χ0v) is 12.2. The lowest BCUT2D eigenvalue weighted by atomic mass is 9.77. The minimum atomic E-state index is -0.287. The highest BCUT2D eigenvalue weighted by molar-refractivity contribution is 5.94. The lowest BCUT2D eigenvalue weighted by Gasteiger charge is -2.40. The lowest BCUT2D eigenvalue weighted by Crippen LogP contribution is -2.44. The SMILES string of the molecule is CCC1(CO)CCN(C(=O)c2ccc(F)c(C)c2)CC1. The summed E-state index contributed by atoms with van der Waals surface area (Å²) in [6, 6.07) is 4.49. The van der Waals surface area contributed by atoms with Gasteiger partial charge in [0.15, 0.2) is 0 Å². The molecule has 1 aliphatic rings. The first kappa shape index (κ1) is 15.0. The predicted octanol–water partition coefficient (Wildman–Crippen LogP) is 2.76. The summed E-state index contributed by atoms with van der Waals surface area (Å²) in [5.74, 6) is -0.332. The van der Waals surface area contributed by atoms with Crippen LogP contribution in [0.5, 0.6) is 0 Å². The van der Waals surface area contributed by atoms with E-state index in [2.05, 4.69) is 6.92 Å². The summed E-state index contributed by atoms with van der Waals surface area (Å²) in [6.07, 6.45) is 2.58. The summed E-state index contributed by atoms with van der Waals surface area (Å²) in [4.78, 5) is 14.2. The quantitative estimate of drug-likeness (QED) is 0.924. The maximum absolute atomic E-state index is 13.2. The van der Waals surface area contributed by atoms with E-state index in [1.54, 1.807) is 24.0 Å². The number of aliphatic hydroxyl groups is 1. The fourth-order valence-corrected chi connectivity index (χ4v) is 2.77. The molecule has 1 heterocycles. The van der Waals surface area contributed by atoms with E-state index in [4.69, 9.17) is 0 Å². The Kier molecular flexibility index (Phi) is 4.43. The molecule has 3 nitrogen and oxygen atoms in total. The van der Waals surface area contributed by atoms with Crippen LogP contribution in [0.2, 0.25) is 0 Å². The van der Waals surface area contributed by atoms with Gasteiger partial charge < -0.3 is 10.0 Å². The Morgan fingerprint density at radius 1 is 1.40 bits per heavy atom. The maximum atomic E-state index is 13.2. The van der Waals surface area contributed by atoms with Crippen LogP contribution in [-0.2, 0) is 0 Å². The number of amides is 1. The molecule has 0 aliphatic carbocycles. The number of rotatable bonds is 3. The Bertz CT molecular complexity index is 487. The van der Waals surface area contributed by atoms with Gasteiger partial charge in [0.1, 0.15) is 5.82 Å². The van der Waals surface area contributed by atoms with Crippen LogP contribution in [0.15, 0.2) is 18.2 Å². The zero-order chi connectivity index (χ0) is 14.8. The summed E-state index contributed by atoms with van der Waals surface area (Å²) < 4.78 is 13.2. The first-order valence-corrected chi connectivity index (χ1v) is 7.17. The highest BCUT2D eigenvalue weighted by Crippen LogP contribution is 2.34. The Labute approximate surface area is 119 Å². The molecule has 1 aliphatic heterocycles. The van der Waals surface area contributed by atoms with Crippen LogP contribution < -0.4 is 0 Å². The average Bonchev–Trinajstić information content (AvgIpc) is 2.49. The average molecular weight is 279 g/mol. The van der Waals surface area contributed by atoms with Crippen LogP contribution >= 0.6 is 0 Å². The smallest absolute Gasteiger partial charge is 0.253 e. The first-order chi connectivity index (χ1) is 9.51. The van der Waals surface area contributed by atoms with Crippen LogP contribution in [0.4, 0.5) is 4.39 Å². The van der Waals surface area contributed by atoms with Crippen molar-refractivity contribution in [2.24, 2.45) is 5.41 Å². The van der Waals surface area contributed by atoms with Gasteiger partial charge in [-0.3, -0.25) is 4.79 Å². The van der Waals surface area contributed by atoms with E-state index >= 15 is 0 Å². The van der Waals surface area contributed by atoms with Crippen molar-refractivity contribution < 1.29 is 14.3 Å². The normalized spacial score (nSPS) is 18.1. The molecule has 2 rings (SSSR count). The van der Waals surface area contributed by atoms with E-state index in [1.807, 2.05) is 0 Å². The molecule has 0 radical (unpaired) electrons. The first-order valence-electron chi connectivity index (χ1n) is 7.17. The Hall–Kier alpha value is -1.42. The van der Waals surface area contributed by atoms with E-state index in [-0.39, 0.29) is 23.7 Å². The number of hydrogen-bond donors (Lipinski definition) is 1. The van der Waals surface area contributed by atoms with Crippen LogP contribution in [-0.4, -0.2) is 35.6 Å². The van der Waals surface area contributed by atoms with Gasteiger partial charge in [-0.25, -0.2) is 4.39 Å². The number of halogens is 1. The van der Waals surface area contributed by atoms with Gasteiger partial charge in [-0.2, -0.15) is 0 Å². The summed E-state index contributed by atoms with van der Waals surface area (Å²) in [6.45, 7) is 5.24. The van der Waals surface area contributed by atoms with Gasteiger partial charge in [-0.1, -0.05) is 6.92 Å². The third-order valence-electron chi connectivity index (χ3n) is 4.60. The van der Waals surface area contributed by atoms with E-state index < -0.39 is 0 Å². The number of aryl methyl sites for hydroxylation is 1. The van der Waals surface area contributed by atoms with Crippen molar-refractivity contribution in [2.75, 3.05) is 19.7 Å². The molecular formula is C16H22FNO2. The molecule has 0 saturated carbocycles. The van der Waals surface area contributed by atoms with Gasteiger partial charge in [-0.15, -0.1) is 0 Å². The predicted molar refractivity (Wildman–Crippen MR) is 76.1 cm³/mol. The Morgan fingerprint density at radius 2 is 2.05 bits per heavy atom. The number of piperidine rings is 1. The Balaban J connectivity index is 2.06. The number of carbonyl (C=O) groups is 1. The van der Waals surface area contributed by atoms with E-state index in [0.29, 0.717) is 24.2 Å². The van der Waals surface area contributed by atoms with Crippen LogP contribution in [0.3, 0.4) is 0 Å². The zero-order valence-electron chi connectivity index (χ0n) is 12.2. The molecule has 1 N–H and O–H groups in total. The van der Waals surface area contributed by atoms with E-state index in [0.717, 1.165) is 19.3 Å². The summed E-state index contributed by atoms with van der Waals surface area (Å²) in [5.41, 5.74) is 0.998. The van der Waals surface area contributed by atoms with Crippen molar-refractivity contribution in [1.29, 1.82) is 0 Å². The van der Waals surface area contributed by atoms with Crippen molar-refractivity contribution in [3.63, 3.8) is 0 Å². The van der Waals surface area contributed by atoms with Crippen molar-refractivity contribution in [3.05, 3.63) is 35.1 Å². The second kappa shape index (κ2) is 5.92. The summed E-state index contributed by atoms with van der Waals surface area (Å²) >= 11 is 0. The molecule has 110 valence electrons. The molecule has 1 fully saturated rings. The van der Waals surface area contributed by atoms with Gasteiger partial charge in [0.2, 0.25) is 0 Å². The molecule has 1 amide bonds. The van der Waals surface area contributed by atoms with Crippen molar-refractivity contribution in [1.82, 2.24) is 4.90 Å². The van der Waals surface area contributed by atoms with Crippen molar-refractivity contribution >= 4 is 5.91 Å². The van der Waals surface area contributed by atoms with Crippen LogP contribution in [0, 0.1) is 18.2 Å². The molecule has 0 aromatic heterocycles. The highest BCUT2D eigenvalue weighted by Gasteiger charge is 2.34. The number of likely N-dealkylation sites (tertiary alicyclic amines) is 1. The minimum absolute atomic E-state index is 0.0322. The van der Waals surface area contributed by atoms with Gasteiger partial charge in [-0.05, 0) is 55.4 Å². The van der Waals surface area contributed by atoms with Crippen molar-refractivity contribution in [3.8, 4) is 0 Å². The molecule has 20 heavy (non-hydrogen) atoms. The number of nitrogens with zero attached hydrogens (tertiary/aromatic N) is 1. The molecule has 4 heteroatoms. The number of carbonyl (C=O) groups excluding carboxylic acids is 1. The lowest BCUT2D eigenvalue weighted by molar-refractivity contribution is 0.0338. The van der Waals surface area contributed by atoms with Crippen molar-refractivity contribution in [2.45, 2.75) is 33.1 Å². The van der Waals surface area contributed by atoms with Crippen LogP contribution in [0.1, 0.15) is 42.1 Å². The van der Waals surface area contributed by atoms with Gasteiger partial charge >= 0.3 is 0 Å². The van der Waals surface area contributed by atoms with Gasteiger partial charge in [0.25, 0.3) is 5.91 Å². The molecule has 0 atom stereocenters. The van der Waals surface area contributed by atoms with Gasteiger partial charge in [0.05, 0.1) is 0 Å². The topological polar surface area (TPSA) is 40.5 Å². The molecule has 1 saturated heterocycles. The monoisotopic (exact) mass is 279 g/mol. The van der Waals surface area contributed by atoms with E-state index in [1.165, 1.54) is 6.07 Å². The molecule has 0 bridgehead atoms. The minimum Gasteiger partial charge on any atom is -0.396 e. The third-order valence-corrected chi connectivity index (χ3v) is 4.60. The maximum Gasteiger partial charge on any atom is 0.253 e. The molecule has 0 unspecified atom stereocenters. The highest BCUT2D eigenvalue weighted by atomic mass is 19.1. The fourth-order valence-electron chi connectivity index (χ4n) is 2.77. The second-order valence-electron chi connectivity index (χ2n) is 5.77. The number of benzene rings is 1. The van der Waals surface area contributed by atoms with Crippen LogP contribution in [0.25, 0.3) is 0 Å². The number of hydrogen-bond acceptors (Lipinski definition) is 2. The largest absolute Gasteiger partial charge is 0.396 e. The molecule has 1 aromatic rings. The second-order valence-corrected chi connectivity index (χ2v) is 5.77. The number of aliphatic hydroxyl groups excluding tert-OH is 1. The third kappa shape index (κ3) is 2.85. The standard InChI is InChI=1S/C16H22FNO2/c1-3-16(11-19)6-8-18(9-7-16)15(20)13-4-5-14(17)12(2)10-13/h4-5,10,19H,3,6-9,11H2,1-2H3. The van der Waals surface area contributed by atoms with Gasteiger partial charge in [0, 0.05) is 25.3 Å². The summed E-state index contributed by atoms with van der Waals surface area (Å²) in [5, 5.41) is 9.51. The Morgan fingerprint density at radius 3 is 2.55 bits per heavy atom. The molecule has 0 spiro atoms. The molecular weight excluding hydrogens is 257 g/mol. The van der Waals surface area contributed by atoms with E-state index in [9.17, 15) is 14.3 Å². The fraction of sp³-hybridized carbons (Fsp3) is 0.562.